The predicted octanol–water partition coefficient (Wildman–Crippen LogP) is 7.09. The third-order valence-electron chi connectivity index (χ3n) is 10.4. The van der Waals surface area contributed by atoms with Gasteiger partial charge in [0.05, 0.1) is 35.5 Å². The highest BCUT2D eigenvalue weighted by Crippen LogP contribution is 2.74. The average molecular weight is 630 g/mol. The highest BCUT2D eigenvalue weighted by molar-refractivity contribution is 6.39. The Morgan fingerprint density at radius 1 is 0.604 bits per heavy atom. The molecule has 48 heavy (non-hydrogen) atoms. The van der Waals surface area contributed by atoms with Crippen molar-refractivity contribution >= 4 is 40.2 Å². The lowest BCUT2D eigenvalue weighted by molar-refractivity contribution is -0.130. The van der Waals surface area contributed by atoms with E-state index in [2.05, 4.69) is 0 Å². The highest BCUT2D eigenvalue weighted by atomic mass is 16.5. The summed E-state index contributed by atoms with van der Waals surface area (Å²) in [6, 6.07) is 43.0. The molecule has 8 rings (SSSR count). The number of amides is 2. The van der Waals surface area contributed by atoms with Crippen LogP contribution in [0, 0.1) is 11.8 Å². The van der Waals surface area contributed by atoms with E-state index in [1.54, 1.807) is 12.1 Å². The summed E-state index contributed by atoms with van der Waals surface area (Å²) in [5.41, 5.74) is 1.87. The molecule has 6 nitrogen and oxygen atoms in total. The number of hydrogen-bond donors (Lipinski definition) is 0. The number of Topliss-reactive ketones (excluding diaryl/α,β-unsaturated/α-hetero) is 2. The van der Waals surface area contributed by atoms with Gasteiger partial charge in [-0.15, -0.1) is 0 Å². The second-order valence-electron chi connectivity index (χ2n) is 12.6. The number of allylic oxidation sites excluding steroid dienone is 2. The maximum Gasteiger partial charge on any atom is 0.239 e. The van der Waals surface area contributed by atoms with Gasteiger partial charge in [0, 0.05) is 5.56 Å². The van der Waals surface area contributed by atoms with Gasteiger partial charge in [-0.3, -0.25) is 19.2 Å². The third-order valence-corrected chi connectivity index (χ3v) is 10.4. The van der Waals surface area contributed by atoms with E-state index in [0.29, 0.717) is 16.7 Å². The molecule has 4 atom stereocenters. The Balaban J connectivity index is 1.54. The largest absolute Gasteiger partial charge is 0.495 e. The minimum atomic E-state index is -1.51. The SMILES string of the molecule is COc1ccc(C(C)=O)cc1N1C(=O)[C@@H]2[C@@H](C1=O)[C@@]1(c3ccccc3)C(=O)[C@@]2(c2ccccc2)C(c2ccccc2)=C1c1ccccc1. The van der Waals surface area contributed by atoms with Gasteiger partial charge in [0.25, 0.3) is 0 Å². The highest BCUT2D eigenvalue weighted by Gasteiger charge is 2.82. The number of nitrogens with zero attached hydrogens (tertiary/aromatic N) is 1. The predicted molar refractivity (Wildman–Crippen MR) is 183 cm³/mol. The Morgan fingerprint density at radius 3 is 1.42 bits per heavy atom. The van der Waals surface area contributed by atoms with Crippen molar-refractivity contribution in [2.75, 3.05) is 12.0 Å². The minimum Gasteiger partial charge on any atom is -0.495 e. The quantitative estimate of drug-likeness (QED) is 0.142. The summed E-state index contributed by atoms with van der Waals surface area (Å²) < 4.78 is 5.67. The molecule has 1 heterocycles. The van der Waals surface area contributed by atoms with Crippen LogP contribution < -0.4 is 9.64 Å². The van der Waals surface area contributed by atoms with Crippen molar-refractivity contribution in [1.29, 1.82) is 0 Å². The molecule has 0 radical (unpaired) electrons. The first-order valence-corrected chi connectivity index (χ1v) is 16.0. The zero-order valence-corrected chi connectivity index (χ0v) is 26.4. The molecule has 0 spiro atoms. The number of carbonyl (C=O) groups excluding carboxylic acids is 4. The molecule has 1 saturated carbocycles. The number of methoxy groups -OCH3 is 1. The van der Waals surface area contributed by atoms with Gasteiger partial charge < -0.3 is 4.74 Å². The van der Waals surface area contributed by atoms with Crippen molar-refractivity contribution in [1.82, 2.24) is 0 Å². The smallest absolute Gasteiger partial charge is 0.239 e. The van der Waals surface area contributed by atoms with Crippen LogP contribution in [0.4, 0.5) is 5.69 Å². The van der Waals surface area contributed by atoms with Crippen LogP contribution in [0.15, 0.2) is 140 Å². The summed E-state index contributed by atoms with van der Waals surface area (Å²) in [7, 11) is 1.46. The Morgan fingerprint density at radius 2 is 1.02 bits per heavy atom. The Bertz CT molecular complexity index is 2040. The number of carbonyl (C=O) groups is 4. The molecular formula is C42H31NO5. The van der Waals surface area contributed by atoms with Gasteiger partial charge in [-0.1, -0.05) is 121 Å². The van der Waals surface area contributed by atoms with E-state index < -0.39 is 34.5 Å². The van der Waals surface area contributed by atoms with Gasteiger partial charge in [-0.05, 0) is 58.5 Å². The van der Waals surface area contributed by atoms with Crippen molar-refractivity contribution in [3.8, 4) is 5.75 Å². The van der Waals surface area contributed by atoms with Gasteiger partial charge >= 0.3 is 0 Å². The van der Waals surface area contributed by atoms with Crippen LogP contribution in [0.25, 0.3) is 11.1 Å². The Kier molecular flexibility index (Phi) is 6.67. The molecule has 3 aliphatic rings. The fourth-order valence-electron chi connectivity index (χ4n) is 8.66. The number of hydrogen-bond acceptors (Lipinski definition) is 5. The number of imide groups is 1. The lowest BCUT2D eigenvalue weighted by Gasteiger charge is -2.39. The van der Waals surface area contributed by atoms with Gasteiger partial charge in [-0.25, -0.2) is 4.90 Å². The standard InChI is InChI=1S/C42H31NO5/c1-26(44)29-23-24-33(48-2)32(25-29)43-38(45)36-37(39(43)46)42(31-21-13-6-14-22-31)35(28-17-9-4-10-18-28)34(27-15-7-3-8-16-27)41(36,40(42)47)30-19-11-5-12-20-30/h3-25,36-37H,1-2H3/t36-,37-,41-,42-/m0/s1. The summed E-state index contributed by atoms with van der Waals surface area (Å²) in [6.07, 6.45) is 0. The van der Waals surface area contributed by atoms with E-state index in [1.807, 2.05) is 121 Å². The Labute approximate surface area is 278 Å². The normalized spacial score (nSPS) is 24.3. The average Bonchev–Trinajstić information content (AvgIpc) is 3.64. The zero-order chi connectivity index (χ0) is 33.2. The second-order valence-corrected chi connectivity index (χ2v) is 12.6. The first-order chi connectivity index (χ1) is 23.4. The van der Waals surface area contributed by atoms with Crippen LogP contribution in [0.5, 0.6) is 5.75 Å². The Hall–Kier alpha value is -5.88. The molecular weight excluding hydrogens is 598 g/mol. The minimum absolute atomic E-state index is 0.189. The van der Waals surface area contributed by atoms with Crippen LogP contribution in [-0.2, 0) is 25.2 Å². The summed E-state index contributed by atoms with van der Waals surface area (Å²) >= 11 is 0. The van der Waals surface area contributed by atoms with E-state index in [-0.39, 0.29) is 23.0 Å². The van der Waals surface area contributed by atoms with E-state index in [4.69, 9.17) is 4.74 Å². The maximum absolute atomic E-state index is 16.0. The van der Waals surface area contributed by atoms with E-state index in [9.17, 15) is 4.79 Å². The van der Waals surface area contributed by atoms with Crippen LogP contribution in [0.1, 0.15) is 39.5 Å². The monoisotopic (exact) mass is 629 g/mol. The van der Waals surface area contributed by atoms with Gasteiger partial charge in [-0.2, -0.15) is 0 Å². The second kappa shape index (κ2) is 10.8. The third kappa shape index (κ3) is 3.68. The topological polar surface area (TPSA) is 80.8 Å². The molecule has 0 unspecified atom stereocenters. The molecule has 2 aliphatic carbocycles. The van der Waals surface area contributed by atoms with Gasteiger partial charge in [0.1, 0.15) is 5.75 Å². The van der Waals surface area contributed by atoms with Gasteiger partial charge in [0.15, 0.2) is 11.6 Å². The van der Waals surface area contributed by atoms with Crippen molar-refractivity contribution in [2.24, 2.45) is 11.8 Å². The maximum atomic E-state index is 16.0. The number of ketones is 2. The fourth-order valence-corrected chi connectivity index (χ4v) is 8.66. The summed E-state index contributed by atoms with van der Waals surface area (Å²) in [5, 5.41) is 0. The molecule has 5 aromatic rings. The molecule has 234 valence electrons. The van der Waals surface area contributed by atoms with Crippen LogP contribution >= 0.6 is 0 Å². The fraction of sp³-hybridized carbons (Fsp3) is 0.143. The molecule has 2 fully saturated rings. The summed E-state index contributed by atoms with van der Waals surface area (Å²) in [5.74, 6) is -3.27. The number of fused-ring (bicyclic) bond motifs is 5. The summed E-state index contributed by atoms with van der Waals surface area (Å²) in [6.45, 7) is 1.43. The van der Waals surface area contributed by atoms with Crippen LogP contribution in [-0.4, -0.2) is 30.5 Å². The van der Waals surface area contributed by atoms with Crippen molar-refractivity contribution in [2.45, 2.75) is 17.8 Å². The number of ether oxygens (including phenoxy) is 1. The summed E-state index contributed by atoms with van der Waals surface area (Å²) in [4.78, 5) is 60.1. The zero-order valence-electron chi connectivity index (χ0n) is 26.4. The molecule has 6 heteroatoms. The molecule has 2 bridgehead atoms. The first kappa shape index (κ1) is 29.5. The lowest BCUT2D eigenvalue weighted by Crippen LogP contribution is -2.45. The number of benzene rings is 5. The van der Waals surface area contributed by atoms with Crippen LogP contribution in [0.3, 0.4) is 0 Å². The number of rotatable bonds is 7. The van der Waals surface area contributed by atoms with E-state index in [0.717, 1.165) is 22.3 Å². The number of anilines is 1. The first-order valence-electron chi connectivity index (χ1n) is 16.0. The van der Waals surface area contributed by atoms with Crippen molar-refractivity contribution in [3.05, 3.63) is 167 Å². The lowest BCUT2D eigenvalue weighted by atomic mass is 9.59. The molecule has 0 aromatic heterocycles. The van der Waals surface area contributed by atoms with Gasteiger partial charge in [0.2, 0.25) is 11.8 Å². The molecule has 5 aromatic carbocycles. The van der Waals surface area contributed by atoms with Crippen molar-refractivity contribution < 1.29 is 23.9 Å². The molecule has 1 saturated heterocycles. The van der Waals surface area contributed by atoms with Crippen molar-refractivity contribution in [3.63, 3.8) is 0 Å². The molecule has 2 amide bonds. The molecule has 1 aliphatic heterocycles. The van der Waals surface area contributed by atoms with E-state index >= 15 is 14.4 Å². The van der Waals surface area contributed by atoms with E-state index in [1.165, 1.54) is 25.0 Å². The van der Waals surface area contributed by atoms with Crippen LogP contribution in [0.2, 0.25) is 0 Å². The molecule has 0 N–H and O–H groups in total.